The number of carbonyl (C=O) groups excluding carboxylic acids is 1. The van der Waals surface area contributed by atoms with Crippen LogP contribution in [-0.4, -0.2) is 51.8 Å². The number of benzene rings is 3. The third-order valence-corrected chi connectivity index (χ3v) is 7.22. The summed E-state index contributed by atoms with van der Waals surface area (Å²) in [5.74, 6) is -0.547. The molecule has 2 heterocycles. The van der Waals surface area contributed by atoms with Gasteiger partial charge in [-0.15, -0.1) is 0 Å². The highest BCUT2D eigenvalue weighted by Crippen LogP contribution is 2.27. The molecule has 1 saturated heterocycles. The number of nitrogens with zero attached hydrogens (tertiary/aromatic N) is 4. The van der Waals surface area contributed by atoms with Crippen molar-refractivity contribution in [3.8, 4) is 5.69 Å². The van der Waals surface area contributed by atoms with E-state index in [2.05, 4.69) is 22.0 Å². The minimum atomic E-state index is -0.524. The molecule has 1 unspecified atom stereocenters. The lowest BCUT2D eigenvalue weighted by atomic mass is 10.2. The van der Waals surface area contributed by atoms with E-state index >= 15 is 0 Å². The van der Waals surface area contributed by atoms with Crippen LogP contribution in [-0.2, 0) is 4.79 Å². The second-order valence-corrected chi connectivity index (χ2v) is 9.72. The second-order valence-electron chi connectivity index (χ2n) is 8.41. The summed E-state index contributed by atoms with van der Waals surface area (Å²) in [6.07, 6.45) is 0. The molecule has 8 heteroatoms. The summed E-state index contributed by atoms with van der Waals surface area (Å²) in [5.41, 5.74) is 1.42. The minimum absolute atomic E-state index is 0.0230. The van der Waals surface area contributed by atoms with Gasteiger partial charge in [0, 0.05) is 31.9 Å². The van der Waals surface area contributed by atoms with Crippen molar-refractivity contribution in [1.82, 2.24) is 14.5 Å². The topological polar surface area (TPSA) is 58.4 Å². The van der Waals surface area contributed by atoms with E-state index < -0.39 is 11.1 Å². The van der Waals surface area contributed by atoms with E-state index in [-0.39, 0.29) is 17.2 Å². The number of anilines is 1. The van der Waals surface area contributed by atoms with Crippen LogP contribution in [0.5, 0.6) is 0 Å². The molecule has 0 saturated carbocycles. The fourth-order valence-electron chi connectivity index (χ4n) is 4.33. The van der Waals surface area contributed by atoms with Crippen LogP contribution in [0.3, 0.4) is 0 Å². The molecule has 5 rings (SSSR count). The van der Waals surface area contributed by atoms with Gasteiger partial charge in [-0.3, -0.25) is 14.2 Å². The normalized spacial score (nSPS) is 14.8. The van der Waals surface area contributed by atoms with Crippen molar-refractivity contribution >= 4 is 34.3 Å². The van der Waals surface area contributed by atoms with Gasteiger partial charge in [-0.1, -0.05) is 54.2 Å². The van der Waals surface area contributed by atoms with Crippen LogP contribution in [0, 0.1) is 5.82 Å². The lowest BCUT2D eigenvalue weighted by Crippen LogP contribution is -2.50. The van der Waals surface area contributed by atoms with Gasteiger partial charge in [-0.05, 0) is 43.3 Å². The van der Waals surface area contributed by atoms with Crippen LogP contribution >= 0.6 is 11.8 Å². The molecule has 1 aromatic heterocycles. The summed E-state index contributed by atoms with van der Waals surface area (Å²) in [6.45, 7) is 4.54. The van der Waals surface area contributed by atoms with E-state index in [1.54, 1.807) is 42.5 Å². The number of halogens is 1. The van der Waals surface area contributed by atoms with Crippen LogP contribution in [0.2, 0.25) is 0 Å². The van der Waals surface area contributed by atoms with Crippen molar-refractivity contribution in [2.24, 2.45) is 0 Å². The Balaban J connectivity index is 1.40. The Morgan fingerprint density at radius 2 is 1.57 bits per heavy atom. The van der Waals surface area contributed by atoms with Crippen LogP contribution in [0.4, 0.5) is 10.1 Å². The van der Waals surface area contributed by atoms with E-state index in [1.807, 2.05) is 30.0 Å². The average Bonchev–Trinajstić information content (AvgIpc) is 2.90. The zero-order valence-corrected chi connectivity index (χ0v) is 20.1. The number of piperazine rings is 1. The van der Waals surface area contributed by atoms with E-state index in [1.165, 1.54) is 22.4 Å². The monoisotopic (exact) mass is 488 g/mol. The summed E-state index contributed by atoms with van der Waals surface area (Å²) >= 11 is 1.18. The van der Waals surface area contributed by atoms with E-state index in [9.17, 15) is 14.0 Å². The maximum atomic E-state index is 14.7. The van der Waals surface area contributed by atoms with E-state index in [0.717, 1.165) is 18.8 Å². The van der Waals surface area contributed by atoms with Gasteiger partial charge < -0.3 is 9.80 Å². The first-order chi connectivity index (χ1) is 17.0. The Labute approximate surface area is 207 Å². The van der Waals surface area contributed by atoms with Gasteiger partial charge in [0.1, 0.15) is 5.82 Å². The Hall–Kier alpha value is -3.65. The predicted molar refractivity (Wildman–Crippen MR) is 138 cm³/mol. The number of hydrogen-bond donors (Lipinski definition) is 0. The van der Waals surface area contributed by atoms with Crippen LogP contribution in [0.15, 0.2) is 88.8 Å². The molecule has 1 atom stereocenters. The zero-order valence-electron chi connectivity index (χ0n) is 19.3. The van der Waals surface area contributed by atoms with Gasteiger partial charge in [-0.25, -0.2) is 9.37 Å². The van der Waals surface area contributed by atoms with Gasteiger partial charge in [0.15, 0.2) is 5.16 Å². The van der Waals surface area contributed by atoms with Crippen molar-refractivity contribution in [1.29, 1.82) is 0 Å². The molecular formula is C27H25FN4O2S. The fraction of sp³-hybridized carbons (Fsp3) is 0.222. The molecule has 3 aromatic carbocycles. The first-order valence-electron chi connectivity index (χ1n) is 11.5. The number of hydrogen-bond acceptors (Lipinski definition) is 5. The largest absolute Gasteiger partial charge is 0.368 e. The van der Waals surface area contributed by atoms with Gasteiger partial charge in [-0.2, -0.15) is 0 Å². The van der Waals surface area contributed by atoms with Crippen LogP contribution < -0.4 is 10.5 Å². The van der Waals surface area contributed by atoms with Crippen molar-refractivity contribution in [2.75, 3.05) is 31.1 Å². The number of rotatable bonds is 5. The first kappa shape index (κ1) is 23.1. The second kappa shape index (κ2) is 9.92. The molecule has 0 N–H and O–H groups in total. The standard InChI is InChI=1S/C27H25FN4O2S/c1-19(25(33)31-17-15-30(16-18-31)20-9-3-2-4-10-20)35-27-29-23-13-7-5-11-21(23)26(34)32(27)24-14-8-6-12-22(24)28/h2-14,19H,15-18H2,1H3. The number of para-hydroxylation sites is 3. The number of carbonyl (C=O) groups is 1. The highest BCUT2D eigenvalue weighted by molar-refractivity contribution is 8.00. The first-order valence-corrected chi connectivity index (χ1v) is 12.4. The summed E-state index contributed by atoms with van der Waals surface area (Å²) in [4.78, 5) is 35.4. The van der Waals surface area contributed by atoms with Crippen molar-refractivity contribution in [2.45, 2.75) is 17.3 Å². The maximum absolute atomic E-state index is 14.7. The molecule has 4 aromatic rings. The molecule has 0 spiro atoms. The lowest BCUT2D eigenvalue weighted by molar-refractivity contribution is -0.130. The molecule has 35 heavy (non-hydrogen) atoms. The number of amides is 1. The number of aromatic nitrogens is 2. The van der Waals surface area contributed by atoms with Crippen molar-refractivity contribution in [3.05, 3.63) is 95.0 Å². The molecular weight excluding hydrogens is 463 g/mol. The maximum Gasteiger partial charge on any atom is 0.266 e. The molecule has 1 aliphatic rings. The summed E-state index contributed by atoms with van der Waals surface area (Å²) < 4.78 is 16.0. The molecule has 178 valence electrons. The van der Waals surface area contributed by atoms with Crippen LogP contribution in [0.25, 0.3) is 16.6 Å². The minimum Gasteiger partial charge on any atom is -0.368 e. The quantitative estimate of drug-likeness (QED) is 0.309. The third-order valence-electron chi connectivity index (χ3n) is 6.18. The Morgan fingerprint density at radius 1 is 0.914 bits per heavy atom. The van der Waals surface area contributed by atoms with E-state index in [0.29, 0.717) is 29.1 Å². The average molecular weight is 489 g/mol. The van der Waals surface area contributed by atoms with Crippen LogP contribution in [0.1, 0.15) is 6.92 Å². The fourth-order valence-corrected chi connectivity index (χ4v) is 5.33. The molecule has 0 bridgehead atoms. The van der Waals surface area contributed by atoms with Gasteiger partial charge in [0.05, 0.1) is 21.8 Å². The SMILES string of the molecule is CC(Sc1nc2ccccc2c(=O)n1-c1ccccc1F)C(=O)N1CCN(c2ccccc2)CC1. The Morgan fingerprint density at radius 3 is 2.31 bits per heavy atom. The molecule has 1 fully saturated rings. The van der Waals surface area contributed by atoms with Gasteiger partial charge >= 0.3 is 0 Å². The zero-order chi connectivity index (χ0) is 24.4. The molecule has 0 radical (unpaired) electrons. The Kier molecular flexibility index (Phi) is 6.55. The summed E-state index contributed by atoms with van der Waals surface area (Å²) in [6, 6.07) is 23.3. The highest BCUT2D eigenvalue weighted by atomic mass is 32.2. The van der Waals surface area contributed by atoms with Crippen molar-refractivity contribution in [3.63, 3.8) is 0 Å². The summed E-state index contributed by atoms with van der Waals surface area (Å²) in [5, 5.41) is 0.197. The Bertz CT molecular complexity index is 1420. The smallest absolute Gasteiger partial charge is 0.266 e. The molecule has 1 aliphatic heterocycles. The highest BCUT2D eigenvalue weighted by Gasteiger charge is 2.27. The molecule has 0 aliphatic carbocycles. The summed E-state index contributed by atoms with van der Waals surface area (Å²) in [7, 11) is 0. The number of thioether (sulfide) groups is 1. The lowest BCUT2D eigenvalue weighted by Gasteiger charge is -2.37. The molecule has 6 nitrogen and oxygen atoms in total. The van der Waals surface area contributed by atoms with Gasteiger partial charge in [0.25, 0.3) is 5.56 Å². The third kappa shape index (κ3) is 4.66. The predicted octanol–water partition coefficient (Wildman–Crippen LogP) is 4.35. The number of fused-ring (bicyclic) bond motifs is 1. The van der Waals surface area contributed by atoms with Gasteiger partial charge in [0.2, 0.25) is 5.91 Å². The molecule has 1 amide bonds. The van der Waals surface area contributed by atoms with E-state index in [4.69, 9.17) is 0 Å². The van der Waals surface area contributed by atoms with Crippen molar-refractivity contribution < 1.29 is 9.18 Å².